The van der Waals surface area contributed by atoms with Crippen LogP contribution < -0.4 is 19.9 Å². The zero-order chi connectivity index (χ0) is 14.9. The molecule has 0 aromatic heterocycles. The van der Waals surface area contributed by atoms with Crippen molar-refractivity contribution in [2.45, 2.75) is 30.2 Å². The third-order valence-electron chi connectivity index (χ3n) is 3.97. The minimum absolute atomic E-state index is 0.203. The van der Waals surface area contributed by atoms with Gasteiger partial charge in [-0.15, -0.1) is 0 Å². The van der Waals surface area contributed by atoms with E-state index >= 15 is 0 Å². The summed E-state index contributed by atoms with van der Waals surface area (Å²) in [6.07, 6.45) is 2.82. The highest BCUT2D eigenvalue weighted by Gasteiger charge is 2.24. The lowest BCUT2D eigenvalue weighted by molar-refractivity contribution is 0.171. The summed E-state index contributed by atoms with van der Waals surface area (Å²) in [4.78, 5) is 0.203. The lowest BCUT2D eigenvalue weighted by atomic mass is 10.1. The van der Waals surface area contributed by atoms with E-state index in [9.17, 15) is 8.42 Å². The van der Waals surface area contributed by atoms with Crippen LogP contribution >= 0.6 is 0 Å². The van der Waals surface area contributed by atoms with Crippen LogP contribution in [0.25, 0.3) is 0 Å². The number of fused-ring (bicyclic) bond motifs is 1. The van der Waals surface area contributed by atoms with Gasteiger partial charge in [0.25, 0.3) is 0 Å². The van der Waals surface area contributed by atoms with Crippen molar-refractivity contribution in [3.8, 4) is 11.5 Å². The summed E-state index contributed by atoms with van der Waals surface area (Å²) in [7, 11) is -3.53. The van der Waals surface area contributed by atoms with Crippen molar-refractivity contribution in [1.29, 1.82) is 0 Å². The third kappa shape index (κ3) is 3.30. The Hall–Kier alpha value is -1.31. The molecule has 0 bridgehead atoms. The number of rotatable bonds is 4. The van der Waals surface area contributed by atoms with Crippen molar-refractivity contribution < 1.29 is 17.9 Å². The quantitative estimate of drug-likeness (QED) is 0.860. The van der Waals surface area contributed by atoms with Gasteiger partial charge >= 0.3 is 0 Å². The molecule has 1 fully saturated rings. The van der Waals surface area contributed by atoms with Crippen molar-refractivity contribution >= 4 is 10.0 Å². The molecule has 1 aliphatic carbocycles. The second-order valence-corrected chi connectivity index (χ2v) is 7.36. The van der Waals surface area contributed by atoms with E-state index in [2.05, 4.69) is 4.72 Å². The average molecular weight is 312 g/mol. The molecular formula is C14H20N2O4S. The summed E-state index contributed by atoms with van der Waals surface area (Å²) >= 11 is 0. The largest absolute Gasteiger partial charge is 0.486 e. The number of nitrogens with two attached hydrogens (primary N) is 1. The predicted molar refractivity (Wildman–Crippen MR) is 77.9 cm³/mol. The molecule has 3 rings (SSSR count). The van der Waals surface area contributed by atoms with Gasteiger partial charge in [-0.2, -0.15) is 0 Å². The number of nitrogens with one attached hydrogen (secondary N) is 1. The molecule has 0 saturated heterocycles. The normalized spacial score (nSPS) is 25.0. The fourth-order valence-electron chi connectivity index (χ4n) is 2.80. The summed E-state index contributed by atoms with van der Waals surface area (Å²) in [5.74, 6) is 1.39. The summed E-state index contributed by atoms with van der Waals surface area (Å²) in [6.45, 7) is 1.35. The molecule has 3 N–H and O–H groups in total. The maximum Gasteiger partial charge on any atom is 0.240 e. The van der Waals surface area contributed by atoms with E-state index in [1.165, 1.54) is 12.1 Å². The Bertz CT molecular complexity index is 617. The Morgan fingerprint density at radius 2 is 1.95 bits per heavy atom. The molecule has 7 heteroatoms. The number of ether oxygens (including phenoxy) is 2. The van der Waals surface area contributed by atoms with Crippen LogP contribution in [0.3, 0.4) is 0 Å². The van der Waals surface area contributed by atoms with Crippen molar-refractivity contribution in [3.63, 3.8) is 0 Å². The van der Waals surface area contributed by atoms with Crippen molar-refractivity contribution in [3.05, 3.63) is 18.2 Å². The molecule has 21 heavy (non-hydrogen) atoms. The third-order valence-corrected chi connectivity index (χ3v) is 5.39. The summed E-state index contributed by atoms with van der Waals surface area (Å²) in [6, 6.07) is 4.89. The van der Waals surface area contributed by atoms with E-state index < -0.39 is 10.0 Å². The highest BCUT2D eigenvalue weighted by molar-refractivity contribution is 7.89. The minimum atomic E-state index is -3.53. The molecule has 2 atom stereocenters. The zero-order valence-corrected chi connectivity index (χ0v) is 12.6. The highest BCUT2D eigenvalue weighted by atomic mass is 32.2. The Morgan fingerprint density at radius 1 is 1.19 bits per heavy atom. The van der Waals surface area contributed by atoms with Crippen LogP contribution in [0.2, 0.25) is 0 Å². The first kappa shape index (κ1) is 14.6. The number of sulfonamides is 1. The topological polar surface area (TPSA) is 90.7 Å². The van der Waals surface area contributed by atoms with Crippen LogP contribution in [0.15, 0.2) is 23.1 Å². The van der Waals surface area contributed by atoms with Gasteiger partial charge in [0.1, 0.15) is 13.2 Å². The van der Waals surface area contributed by atoms with Gasteiger partial charge in [0.2, 0.25) is 10.0 Å². The van der Waals surface area contributed by atoms with Crippen LogP contribution in [0, 0.1) is 5.92 Å². The SMILES string of the molecule is NC1CCC(CNS(=O)(=O)c2ccc3c(c2)OCCO3)C1. The minimum Gasteiger partial charge on any atom is -0.486 e. The van der Waals surface area contributed by atoms with Gasteiger partial charge in [-0.1, -0.05) is 0 Å². The number of hydrogen-bond donors (Lipinski definition) is 2. The van der Waals surface area contributed by atoms with E-state index in [0.717, 1.165) is 19.3 Å². The van der Waals surface area contributed by atoms with Crippen molar-refractivity contribution in [2.24, 2.45) is 11.7 Å². The highest BCUT2D eigenvalue weighted by Crippen LogP contribution is 2.32. The molecule has 0 radical (unpaired) electrons. The summed E-state index contributed by atoms with van der Waals surface area (Å²) in [5, 5.41) is 0. The molecule has 1 heterocycles. The molecule has 6 nitrogen and oxygen atoms in total. The molecule has 2 aliphatic rings. The van der Waals surface area contributed by atoms with E-state index in [-0.39, 0.29) is 10.9 Å². The molecule has 1 aromatic carbocycles. The smallest absolute Gasteiger partial charge is 0.240 e. The van der Waals surface area contributed by atoms with Crippen LogP contribution in [-0.4, -0.2) is 34.2 Å². The molecule has 0 amide bonds. The number of benzene rings is 1. The average Bonchev–Trinajstić information content (AvgIpc) is 2.90. The van der Waals surface area contributed by atoms with Crippen molar-refractivity contribution in [1.82, 2.24) is 4.72 Å². The molecule has 0 spiro atoms. The van der Waals surface area contributed by atoms with Crippen LogP contribution in [0.1, 0.15) is 19.3 Å². The Labute approximate surface area is 124 Å². The summed E-state index contributed by atoms with van der Waals surface area (Å²) in [5.41, 5.74) is 5.84. The second kappa shape index (κ2) is 5.82. The molecule has 1 aromatic rings. The van der Waals surface area contributed by atoms with E-state index in [0.29, 0.717) is 37.2 Å². The molecule has 1 aliphatic heterocycles. The van der Waals surface area contributed by atoms with Gasteiger partial charge in [0.15, 0.2) is 11.5 Å². The van der Waals surface area contributed by atoms with Crippen LogP contribution in [0.5, 0.6) is 11.5 Å². The summed E-state index contributed by atoms with van der Waals surface area (Å²) < 4.78 is 38.1. The maximum absolute atomic E-state index is 12.3. The van der Waals surface area contributed by atoms with Gasteiger partial charge < -0.3 is 15.2 Å². The van der Waals surface area contributed by atoms with Gasteiger partial charge in [0, 0.05) is 18.7 Å². The first-order valence-electron chi connectivity index (χ1n) is 7.19. The van der Waals surface area contributed by atoms with Crippen LogP contribution in [-0.2, 0) is 10.0 Å². The first-order valence-corrected chi connectivity index (χ1v) is 8.68. The van der Waals surface area contributed by atoms with Gasteiger partial charge in [0.05, 0.1) is 4.90 Å². The fourth-order valence-corrected chi connectivity index (χ4v) is 3.93. The van der Waals surface area contributed by atoms with Gasteiger partial charge in [-0.25, -0.2) is 13.1 Å². The van der Waals surface area contributed by atoms with E-state index in [1.54, 1.807) is 6.07 Å². The zero-order valence-electron chi connectivity index (χ0n) is 11.7. The molecule has 1 saturated carbocycles. The predicted octanol–water partition coefficient (Wildman–Crippen LogP) is 0.863. The fraction of sp³-hybridized carbons (Fsp3) is 0.571. The maximum atomic E-state index is 12.3. The Balaban J connectivity index is 1.69. The monoisotopic (exact) mass is 312 g/mol. The van der Waals surface area contributed by atoms with Crippen LogP contribution in [0.4, 0.5) is 0 Å². The lowest BCUT2D eigenvalue weighted by Gasteiger charge is -2.19. The standard InChI is InChI=1S/C14H20N2O4S/c15-11-2-1-10(7-11)9-16-21(17,18)12-3-4-13-14(8-12)20-6-5-19-13/h3-4,8,10-11,16H,1-2,5-7,9,15H2. The molecule has 116 valence electrons. The molecule has 2 unspecified atom stereocenters. The molecular weight excluding hydrogens is 292 g/mol. The first-order chi connectivity index (χ1) is 10.0. The second-order valence-electron chi connectivity index (χ2n) is 5.60. The lowest BCUT2D eigenvalue weighted by Crippen LogP contribution is -2.29. The van der Waals surface area contributed by atoms with Gasteiger partial charge in [-0.05, 0) is 37.3 Å². The van der Waals surface area contributed by atoms with E-state index in [1.807, 2.05) is 0 Å². The van der Waals surface area contributed by atoms with Crippen molar-refractivity contribution in [2.75, 3.05) is 19.8 Å². The van der Waals surface area contributed by atoms with E-state index in [4.69, 9.17) is 15.2 Å². The Kier molecular flexibility index (Phi) is 4.05. The van der Waals surface area contributed by atoms with Gasteiger partial charge in [-0.3, -0.25) is 0 Å². The Morgan fingerprint density at radius 3 is 2.67 bits per heavy atom. The number of hydrogen-bond acceptors (Lipinski definition) is 5.